The molecule has 1 atom stereocenters. The second-order valence-electron chi connectivity index (χ2n) is 4.43. The topological polar surface area (TPSA) is 29.1 Å². The molecule has 1 unspecified atom stereocenters. The number of amides is 1. The van der Waals surface area contributed by atoms with E-state index in [1.807, 2.05) is 13.8 Å². The summed E-state index contributed by atoms with van der Waals surface area (Å²) >= 11 is 3.31. The summed E-state index contributed by atoms with van der Waals surface area (Å²) < 4.78 is 26.2. The third-order valence-corrected chi connectivity index (χ3v) is 3.17. The summed E-state index contributed by atoms with van der Waals surface area (Å²) in [4.78, 5) is 11.9. The zero-order valence-electron chi connectivity index (χ0n) is 10.3. The molecule has 1 N–H and O–H groups in total. The van der Waals surface area contributed by atoms with Crippen LogP contribution in [0.25, 0.3) is 0 Å². The van der Waals surface area contributed by atoms with Crippen LogP contribution in [0.3, 0.4) is 0 Å². The monoisotopic (exact) mass is 319 g/mol. The van der Waals surface area contributed by atoms with Crippen molar-refractivity contribution in [3.63, 3.8) is 0 Å². The molecule has 0 aliphatic heterocycles. The molecule has 0 radical (unpaired) electrons. The first-order chi connectivity index (χ1) is 8.45. The van der Waals surface area contributed by atoms with Crippen molar-refractivity contribution >= 4 is 21.8 Å². The van der Waals surface area contributed by atoms with Crippen LogP contribution in [0.4, 0.5) is 8.78 Å². The second kappa shape index (κ2) is 6.83. The number of hydrogen-bond acceptors (Lipinski definition) is 1. The van der Waals surface area contributed by atoms with E-state index in [1.165, 1.54) is 0 Å². The normalized spacial score (nSPS) is 12.6. The van der Waals surface area contributed by atoms with Gasteiger partial charge < -0.3 is 5.32 Å². The van der Waals surface area contributed by atoms with Crippen LogP contribution in [-0.4, -0.2) is 17.3 Å². The highest BCUT2D eigenvalue weighted by Gasteiger charge is 2.19. The highest BCUT2D eigenvalue weighted by atomic mass is 79.9. The highest BCUT2D eigenvalue weighted by Crippen LogP contribution is 2.12. The molecule has 0 aliphatic carbocycles. The molecule has 0 bridgehead atoms. The van der Waals surface area contributed by atoms with Crippen molar-refractivity contribution in [2.75, 3.05) is 5.33 Å². The van der Waals surface area contributed by atoms with Crippen LogP contribution in [0.2, 0.25) is 0 Å². The Labute approximate surface area is 114 Å². The van der Waals surface area contributed by atoms with Gasteiger partial charge in [-0.3, -0.25) is 4.79 Å². The number of halogens is 3. The predicted molar refractivity (Wildman–Crippen MR) is 70.9 cm³/mol. The van der Waals surface area contributed by atoms with E-state index in [0.717, 1.165) is 23.9 Å². The van der Waals surface area contributed by atoms with Gasteiger partial charge in [-0.2, -0.15) is 0 Å². The maximum atomic E-state index is 13.4. The largest absolute Gasteiger partial charge is 0.349 e. The minimum atomic E-state index is -0.839. The average Bonchev–Trinajstić information content (AvgIpc) is 2.27. The highest BCUT2D eigenvalue weighted by molar-refractivity contribution is 9.09. The van der Waals surface area contributed by atoms with Crippen LogP contribution in [0, 0.1) is 17.6 Å². The van der Waals surface area contributed by atoms with E-state index < -0.39 is 17.5 Å². The first-order valence-electron chi connectivity index (χ1n) is 5.77. The number of nitrogens with one attached hydrogen (secondary N) is 1. The maximum absolute atomic E-state index is 13.4. The molecule has 0 spiro atoms. The molecule has 0 fully saturated rings. The number of carbonyl (C=O) groups is 1. The van der Waals surface area contributed by atoms with E-state index in [-0.39, 0.29) is 17.5 Å². The van der Waals surface area contributed by atoms with Crippen molar-refractivity contribution in [1.29, 1.82) is 0 Å². The fraction of sp³-hybridized carbons (Fsp3) is 0.462. The van der Waals surface area contributed by atoms with Crippen LogP contribution in [-0.2, 0) is 0 Å². The molecule has 100 valence electrons. The molecule has 0 heterocycles. The van der Waals surface area contributed by atoms with Crippen molar-refractivity contribution < 1.29 is 13.6 Å². The van der Waals surface area contributed by atoms with Crippen LogP contribution < -0.4 is 5.32 Å². The summed E-state index contributed by atoms with van der Waals surface area (Å²) in [5.41, 5.74) is -0.128. The average molecular weight is 320 g/mol. The molecule has 18 heavy (non-hydrogen) atoms. The summed E-state index contributed by atoms with van der Waals surface area (Å²) in [6.07, 6.45) is 0.756. The SMILES string of the molecule is CC(C)C(CCBr)NC(=O)c1ccc(F)cc1F. The molecule has 0 aromatic heterocycles. The number of hydrogen-bond donors (Lipinski definition) is 1. The van der Waals surface area contributed by atoms with Crippen LogP contribution >= 0.6 is 15.9 Å². The zero-order chi connectivity index (χ0) is 13.7. The third-order valence-electron chi connectivity index (χ3n) is 2.72. The van der Waals surface area contributed by atoms with E-state index in [2.05, 4.69) is 21.2 Å². The van der Waals surface area contributed by atoms with E-state index in [4.69, 9.17) is 0 Å². The van der Waals surface area contributed by atoms with Gasteiger partial charge in [0.1, 0.15) is 11.6 Å². The molecule has 0 aliphatic rings. The van der Waals surface area contributed by atoms with Crippen molar-refractivity contribution in [2.45, 2.75) is 26.3 Å². The Bertz CT molecular complexity index is 423. The van der Waals surface area contributed by atoms with E-state index in [9.17, 15) is 13.6 Å². The molecule has 0 saturated heterocycles. The molecule has 1 aromatic rings. The van der Waals surface area contributed by atoms with Gasteiger partial charge in [-0.05, 0) is 24.5 Å². The Kier molecular flexibility index (Phi) is 5.72. The summed E-state index contributed by atoms with van der Waals surface area (Å²) in [7, 11) is 0. The van der Waals surface area contributed by atoms with Crippen molar-refractivity contribution in [3.8, 4) is 0 Å². The van der Waals surface area contributed by atoms with Gasteiger partial charge in [-0.25, -0.2) is 8.78 Å². The van der Waals surface area contributed by atoms with Gasteiger partial charge in [0.05, 0.1) is 5.56 Å². The lowest BCUT2D eigenvalue weighted by Gasteiger charge is -2.21. The van der Waals surface area contributed by atoms with E-state index in [0.29, 0.717) is 6.07 Å². The van der Waals surface area contributed by atoms with Gasteiger partial charge in [0.25, 0.3) is 5.91 Å². The summed E-state index contributed by atoms with van der Waals surface area (Å²) in [6.45, 7) is 3.96. The van der Waals surface area contributed by atoms with Gasteiger partial charge in [-0.1, -0.05) is 29.8 Å². The van der Waals surface area contributed by atoms with Crippen molar-refractivity contribution in [3.05, 3.63) is 35.4 Å². The number of rotatable bonds is 5. The fourth-order valence-corrected chi connectivity index (χ4v) is 2.10. The van der Waals surface area contributed by atoms with Crippen LogP contribution in [0.15, 0.2) is 18.2 Å². The Morgan fingerprint density at radius 1 is 1.39 bits per heavy atom. The van der Waals surface area contributed by atoms with Crippen LogP contribution in [0.5, 0.6) is 0 Å². The summed E-state index contributed by atoms with van der Waals surface area (Å²) in [6, 6.07) is 2.91. The number of alkyl halides is 1. The molecule has 1 amide bonds. The first-order valence-corrected chi connectivity index (χ1v) is 6.89. The van der Waals surface area contributed by atoms with E-state index in [1.54, 1.807) is 0 Å². The van der Waals surface area contributed by atoms with Gasteiger partial charge >= 0.3 is 0 Å². The lowest BCUT2D eigenvalue weighted by atomic mass is 10.0. The van der Waals surface area contributed by atoms with E-state index >= 15 is 0 Å². The predicted octanol–water partition coefficient (Wildman–Crippen LogP) is 3.50. The molecule has 1 aromatic carbocycles. The van der Waals surface area contributed by atoms with Gasteiger partial charge in [-0.15, -0.1) is 0 Å². The lowest BCUT2D eigenvalue weighted by Crippen LogP contribution is -2.39. The fourth-order valence-electron chi connectivity index (χ4n) is 1.61. The third kappa shape index (κ3) is 4.05. The van der Waals surface area contributed by atoms with Crippen molar-refractivity contribution in [1.82, 2.24) is 5.32 Å². The van der Waals surface area contributed by atoms with Gasteiger partial charge in [0, 0.05) is 17.4 Å². The number of carbonyl (C=O) groups excluding carboxylic acids is 1. The lowest BCUT2D eigenvalue weighted by molar-refractivity contribution is 0.0921. The Balaban J connectivity index is 2.80. The molecular weight excluding hydrogens is 304 g/mol. The van der Waals surface area contributed by atoms with Crippen LogP contribution in [0.1, 0.15) is 30.6 Å². The summed E-state index contributed by atoms with van der Waals surface area (Å²) in [5, 5.41) is 3.51. The van der Waals surface area contributed by atoms with Crippen molar-refractivity contribution in [2.24, 2.45) is 5.92 Å². The maximum Gasteiger partial charge on any atom is 0.254 e. The molecule has 2 nitrogen and oxygen atoms in total. The van der Waals surface area contributed by atoms with Gasteiger partial charge in [0.2, 0.25) is 0 Å². The number of benzene rings is 1. The minimum Gasteiger partial charge on any atom is -0.349 e. The Hall–Kier alpha value is -0.970. The quantitative estimate of drug-likeness (QED) is 0.827. The minimum absolute atomic E-state index is 0.0404. The molecule has 5 heteroatoms. The Morgan fingerprint density at radius 3 is 2.56 bits per heavy atom. The standard InChI is InChI=1S/C13H16BrF2NO/c1-8(2)12(5-6-14)17-13(18)10-4-3-9(15)7-11(10)16/h3-4,7-8,12H,5-6H2,1-2H3,(H,17,18). The molecule has 0 saturated carbocycles. The first kappa shape index (κ1) is 15.1. The van der Waals surface area contributed by atoms with Gasteiger partial charge in [0.15, 0.2) is 0 Å². The second-order valence-corrected chi connectivity index (χ2v) is 5.22. The molecular formula is C13H16BrF2NO. The molecule has 1 rings (SSSR count). The smallest absolute Gasteiger partial charge is 0.254 e. The zero-order valence-corrected chi connectivity index (χ0v) is 11.9. The Morgan fingerprint density at radius 2 is 2.06 bits per heavy atom. The summed E-state index contributed by atoms with van der Waals surface area (Å²) in [5.74, 6) is -1.79.